The molecule has 112 valence electrons. The number of aryl methyl sites for hydroxylation is 4. The van der Waals surface area contributed by atoms with Crippen molar-refractivity contribution >= 4 is 0 Å². The Hall–Kier alpha value is -1.96. The third-order valence-electron chi connectivity index (χ3n) is 4.43. The highest BCUT2D eigenvalue weighted by Crippen LogP contribution is 2.39. The van der Waals surface area contributed by atoms with Gasteiger partial charge in [-0.15, -0.1) is 0 Å². The van der Waals surface area contributed by atoms with Gasteiger partial charge in [0.2, 0.25) is 0 Å². The van der Waals surface area contributed by atoms with Gasteiger partial charge in [-0.1, -0.05) is 26.0 Å². The van der Waals surface area contributed by atoms with Crippen LogP contribution in [0.2, 0.25) is 0 Å². The number of aromatic hydroxyl groups is 2. The van der Waals surface area contributed by atoms with Crippen molar-refractivity contribution in [3.8, 4) is 11.5 Å². The van der Waals surface area contributed by atoms with Crippen LogP contribution in [0.3, 0.4) is 0 Å². The molecule has 0 aliphatic carbocycles. The van der Waals surface area contributed by atoms with Crippen molar-refractivity contribution in [2.75, 3.05) is 0 Å². The first-order valence-corrected chi connectivity index (χ1v) is 7.26. The molecule has 0 unspecified atom stereocenters. The molecule has 0 radical (unpaired) electrons. The predicted octanol–water partition coefficient (Wildman–Crippen LogP) is 4.66. The average molecular weight is 284 g/mol. The van der Waals surface area contributed by atoms with E-state index in [1.54, 1.807) is 0 Å². The normalized spacial score (nSPS) is 11.7. The largest absolute Gasteiger partial charge is 0.508 e. The Morgan fingerprint density at radius 2 is 0.952 bits per heavy atom. The molecule has 2 aromatic carbocycles. The van der Waals surface area contributed by atoms with Crippen LogP contribution < -0.4 is 0 Å². The molecule has 0 saturated heterocycles. The summed E-state index contributed by atoms with van der Waals surface area (Å²) in [6.45, 7) is 12.2. The second-order valence-corrected chi connectivity index (χ2v) is 6.53. The minimum atomic E-state index is -0.287. The van der Waals surface area contributed by atoms with Gasteiger partial charge in [0, 0.05) is 5.41 Å². The topological polar surface area (TPSA) is 40.5 Å². The van der Waals surface area contributed by atoms with Gasteiger partial charge < -0.3 is 10.2 Å². The van der Waals surface area contributed by atoms with Crippen LogP contribution in [0.1, 0.15) is 47.2 Å². The van der Waals surface area contributed by atoms with E-state index in [0.29, 0.717) is 11.5 Å². The Bertz CT molecular complexity index is 638. The van der Waals surface area contributed by atoms with E-state index in [4.69, 9.17) is 0 Å². The highest BCUT2D eigenvalue weighted by atomic mass is 16.3. The zero-order valence-electron chi connectivity index (χ0n) is 13.7. The SMILES string of the molecule is Cc1cc(C)c(C(C)(C)c2cc(O)c(C)cc2C)cc1O. The number of hydrogen-bond donors (Lipinski definition) is 2. The zero-order chi connectivity index (χ0) is 15.9. The number of phenolic OH excluding ortho intramolecular Hbond substituents is 2. The summed E-state index contributed by atoms with van der Waals surface area (Å²) in [6.07, 6.45) is 0. The van der Waals surface area contributed by atoms with E-state index in [1.807, 2.05) is 38.1 Å². The van der Waals surface area contributed by atoms with Gasteiger partial charge in [-0.3, -0.25) is 0 Å². The molecule has 0 aliphatic rings. The van der Waals surface area contributed by atoms with Crippen molar-refractivity contribution in [2.24, 2.45) is 0 Å². The first-order chi connectivity index (χ1) is 9.64. The second kappa shape index (κ2) is 5.10. The van der Waals surface area contributed by atoms with Crippen molar-refractivity contribution in [2.45, 2.75) is 47.0 Å². The predicted molar refractivity (Wildman–Crippen MR) is 87.3 cm³/mol. The molecule has 0 bridgehead atoms. The van der Waals surface area contributed by atoms with E-state index in [9.17, 15) is 10.2 Å². The Labute approximate surface area is 127 Å². The number of phenols is 2. The molecule has 21 heavy (non-hydrogen) atoms. The Kier molecular flexibility index (Phi) is 3.75. The van der Waals surface area contributed by atoms with E-state index < -0.39 is 0 Å². The van der Waals surface area contributed by atoms with E-state index in [2.05, 4.69) is 27.7 Å². The van der Waals surface area contributed by atoms with E-state index in [0.717, 1.165) is 33.4 Å². The maximum atomic E-state index is 10.1. The van der Waals surface area contributed by atoms with Gasteiger partial charge >= 0.3 is 0 Å². The maximum absolute atomic E-state index is 10.1. The molecular formula is C19H24O2. The summed E-state index contributed by atoms with van der Waals surface area (Å²) in [4.78, 5) is 0. The fraction of sp³-hybridized carbons (Fsp3) is 0.368. The molecule has 0 saturated carbocycles. The van der Waals surface area contributed by atoms with Crippen LogP contribution in [0.5, 0.6) is 11.5 Å². The highest BCUT2D eigenvalue weighted by Gasteiger charge is 2.28. The summed E-state index contributed by atoms with van der Waals surface area (Å²) < 4.78 is 0. The average Bonchev–Trinajstić information content (AvgIpc) is 2.37. The van der Waals surface area contributed by atoms with Crippen molar-refractivity contribution < 1.29 is 10.2 Å². The molecule has 2 heteroatoms. The lowest BCUT2D eigenvalue weighted by atomic mass is 9.74. The van der Waals surface area contributed by atoms with E-state index in [1.165, 1.54) is 0 Å². The standard InChI is InChI=1S/C19H24O2/c1-11-7-13(3)17(20)9-15(11)19(5,6)16-10-18(21)14(4)8-12(16)2/h7-10,20-21H,1-6H3. The lowest BCUT2D eigenvalue weighted by molar-refractivity contribution is 0.464. The molecule has 0 amide bonds. The van der Waals surface area contributed by atoms with Crippen LogP contribution in [-0.4, -0.2) is 10.2 Å². The van der Waals surface area contributed by atoms with Crippen LogP contribution in [-0.2, 0) is 5.41 Å². The van der Waals surface area contributed by atoms with Gasteiger partial charge in [0.1, 0.15) is 11.5 Å². The first-order valence-electron chi connectivity index (χ1n) is 7.26. The highest BCUT2D eigenvalue weighted by molar-refractivity contribution is 5.52. The fourth-order valence-electron chi connectivity index (χ4n) is 3.17. The quantitative estimate of drug-likeness (QED) is 0.842. The maximum Gasteiger partial charge on any atom is 0.118 e. The van der Waals surface area contributed by atoms with Gasteiger partial charge in [-0.05, 0) is 73.2 Å². The molecule has 0 aliphatic heterocycles. The van der Waals surface area contributed by atoms with Crippen molar-refractivity contribution in [1.29, 1.82) is 0 Å². The summed E-state index contributed by atoms with van der Waals surface area (Å²) in [5.41, 5.74) is 5.94. The lowest BCUT2D eigenvalue weighted by Gasteiger charge is -2.30. The molecule has 0 fully saturated rings. The molecule has 2 nitrogen and oxygen atoms in total. The third kappa shape index (κ3) is 2.63. The third-order valence-corrected chi connectivity index (χ3v) is 4.43. The van der Waals surface area contributed by atoms with Gasteiger partial charge in [0.05, 0.1) is 0 Å². The van der Waals surface area contributed by atoms with E-state index in [-0.39, 0.29) is 5.41 Å². The van der Waals surface area contributed by atoms with Gasteiger partial charge in [-0.2, -0.15) is 0 Å². The van der Waals surface area contributed by atoms with Gasteiger partial charge in [0.25, 0.3) is 0 Å². The summed E-state index contributed by atoms with van der Waals surface area (Å²) in [5, 5.41) is 20.1. The molecule has 0 heterocycles. The monoisotopic (exact) mass is 284 g/mol. The zero-order valence-corrected chi connectivity index (χ0v) is 13.7. The van der Waals surface area contributed by atoms with Crippen LogP contribution in [0.15, 0.2) is 24.3 Å². The molecule has 0 spiro atoms. The molecule has 0 aromatic heterocycles. The first kappa shape index (κ1) is 15.4. The Morgan fingerprint density at radius 3 is 1.29 bits per heavy atom. The summed E-state index contributed by atoms with van der Waals surface area (Å²) in [7, 11) is 0. The smallest absolute Gasteiger partial charge is 0.118 e. The number of benzene rings is 2. The molecule has 2 rings (SSSR count). The van der Waals surface area contributed by atoms with Crippen LogP contribution in [0, 0.1) is 27.7 Å². The van der Waals surface area contributed by atoms with Crippen LogP contribution in [0.4, 0.5) is 0 Å². The second-order valence-electron chi connectivity index (χ2n) is 6.53. The Morgan fingerprint density at radius 1 is 0.619 bits per heavy atom. The summed E-state index contributed by atoms with van der Waals surface area (Å²) in [6, 6.07) is 7.72. The molecule has 2 aromatic rings. The van der Waals surface area contributed by atoms with Crippen molar-refractivity contribution in [3.05, 3.63) is 57.6 Å². The summed E-state index contributed by atoms with van der Waals surface area (Å²) >= 11 is 0. The minimum absolute atomic E-state index is 0.287. The molecule has 0 atom stereocenters. The Balaban J connectivity index is 2.67. The molecule has 2 N–H and O–H groups in total. The van der Waals surface area contributed by atoms with Gasteiger partial charge in [-0.25, -0.2) is 0 Å². The lowest BCUT2D eigenvalue weighted by Crippen LogP contribution is -2.22. The fourth-order valence-corrected chi connectivity index (χ4v) is 3.17. The molecular weight excluding hydrogens is 260 g/mol. The number of rotatable bonds is 2. The van der Waals surface area contributed by atoms with Crippen LogP contribution >= 0.6 is 0 Å². The minimum Gasteiger partial charge on any atom is -0.508 e. The van der Waals surface area contributed by atoms with Gasteiger partial charge in [0.15, 0.2) is 0 Å². The van der Waals surface area contributed by atoms with E-state index >= 15 is 0 Å². The number of hydrogen-bond acceptors (Lipinski definition) is 2. The van der Waals surface area contributed by atoms with Crippen molar-refractivity contribution in [3.63, 3.8) is 0 Å². The summed E-state index contributed by atoms with van der Waals surface area (Å²) in [5.74, 6) is 0.635. The van der Waals surface area contributed by atoms with Crippen molar-refractivity contribution in [1.82, 2.24) is 0 Å². The van der Waals surface area contributed by atoms with Crippen LogP contribution in [0.25, 0.3) is 0 Å².